The molecule has 0 saturated carbocycles. The standard InChI is InChI=1S/C32H47FN4O2.C7H11NO3.C2H5NO/c1-6-7-18-39-32(38)27-9-11-31(30(33)20-27)35-14-12-26(13-15-35)21-36-16-17-37(23-29(36)22-34(4)5)28-10-8-24(2)25(3)19-28;1-7(3-2-4-9)8(5-10)6-11;1-3-2-4/h8-11,19-20,26,29H,6-7,12-18,21-23H2,1-5H3;4-7H,2-3H2,1H3;2H,1H3,(H,3,4). The lowest BCUT2D eigenvalue weighted by atomic mass is 9.94. The fraction of sp³-hybridized carbons (Fsp3) is 0.585. The molecular weight excluding hydrogens is 691 g/mol. The zero-order valence-corrected chi connectivity index (χ0v) is 33.5. The summed E-state index contributed by atoms with van der Waals surface area (Å²) in [4.78, 5) is 62.1. The van der Waals surface area contributed by atoms with Gasteiger partial charge in [0.05, 0.1) is 17.9 Å². The van der Waals surface area contributed by atoms with Gasteiger partial charge in [-0.25, -0.2) is 9.18 Å². The average Bonchev–Trinajstić information content (AvgIpc) is 3.16. The second-order valence-corrected chi connectivity index (χ2v) is 14.4. The monoisotopic (exact) mass is 754 g/mol. The Morgan fingerprint density at radius 1 is 0.981 bits per heavy atom. The number of carbonyl (C=O) groups excluding carboxylic acids is 5. The molecule has 13 heteroatoms. The Kier molecular flexibility index (Phi) is 21.1. The zero-order valence-electron chi connectivity index (χ0n) is 33.5. The number of amides is 3. The van der Waals surface area contributed by atoms with Gasteiger partial charge >= 0.3 is 5.97 Å². The number of aryl methyl sites for hydroxylation is 2. The van der Waals surface area contributed by atoms with Crippen LogP contribution < -0.4 is 15.1 Å². The van der Waals surface area contributed by atoms with Crippen LogP contribution in [0.15, 0.2) is 36.4 Å². The fourth-order valence-corrected chi connectivity index (χ4v) is 6.55. The molecule has 0 radical (unpaired) electrons. The number of halogens is 1. The highest BCUT2D eigenvalue weighted by atomic mass is 19.1. The molecule has 2 aromatic rings. The van der Waals surface area contributed by atoms with Crippen molar-refractivity contribution in [3.05, 3.63) is 58.9 Å². The molecule has 12 nitrogen and oxygen atoms in total. The highest BCUT2D eigenvalue weighted by molar-refractivity contribution is 5.90. The molecule has 2 atom stereocenters. The number of benzene rings is 2. The number of hydrogen-bond acceptors (Lipinski definition) is 10. The van der Waals surface area contributed by atoms with E-state index < -0.39 is 5.97 Å². The number of carbonyl (C=O) groups is 5. The Hall–Kier alpha value is -4.36. The molecule has 2 fully saturated rings. The van der Waals surface area contributed by atoms with Crippen LogP contribution in [0.4, 0.5) is 15.8 Å². The number of esters is 1. The van der Waals surface area contributed by atoms with Crippen LogP contribution in [0.25, 0.3) is 0 Å². The molecule has 0 bridgehead atoms. The Bertz CT molecular complexity index is 1450. The summed E-state index contributed by atoms with van der Waals surface area (Å²) < 4.78 is 20.2. The molecule has 2 unspecified atom stereocenters. The first-order valence-electron chi connectivity index (χ1n) is 19.1. The number of anilines is 2. The third-order valence-electron chi connectivity index (χ3n) is 9.97. The van der Waals surface area contributed by atoms with Crippen molar-refractivity contribution in [2.75, 3.05) is 83.4 Å². The summed E-state index contributed by atoms with van der Waals surface area (Å²) in [6.07, 6.45) is 7.09. The van der Waals surface area contributed by atoms with E-state index in [-0.39, 0.29) is 17.4 Å². The number of ether oxygens (including phenoxy) is 1. The van der Waals surface area contributed by atoms with E-state index in [0.717, 1.165) is 82.7 Å². The van der Waals surface area contributed by atoms with Gasteiger partial charge in [-0.05, 0) is 108 Å². The lowest BCUT2D eigenvalue weighted by Crippen LogP contribution is -2.58. The van der Waals surface area contributed by atoms with Gasteiger partial charge in [0, 0.05) is 77.1 Å². The third kappa shape index (κ3) is 15.2. The lowest BCUT2D eigenvalue weighted by molar-refractivity contribution is -0.131. The van der Waals surface area contributed by atoms with Gasteiger partial charge in [0.2, 0.25) is 19.2 Å². The molecule has 4 rings (SSSR count). The minimum atomic E-state index is -0.447. The number of likely N-dealkylation sites (N-methyl/N-ethyl adjacent to an activating group) is 1. The van der Waals surface area contributed by atoms with Crippen molar-refractivity contribution >= 4 is 42.9 Å². The number of unbranched alkanes of at least 4 members (excludes halogenated alkanes) is 1. The normalized spacial score (nSPS) is 16.6. The summed E-state index contributed by atoms with van der Waals surface area (Å²) in [7, 11) is 5.89. The van der Waals surface area contributed by atoms with Crippen LogP contribution in [0.3, 0.4) is 0 Å². The van der Waals surface area contributed by atoms with Crippen molar-refractivity contribution in [1.82, 2.24) is 20.0 Å². The number of imide groups is 1. The smallest absolute Gasteiger partial charge is 0.338 e. The molecule has 2 heterocycles. The van der Waals surface area contributed by atoms with Crippen molar-refractivity contribution in [2.24, 2.45) is 5.92 Å². The topological polar surface area (TPSA) is 123 Å². The second-order valence-electron chi connectivity index (χ2n) is 14.4. The Morgan fingerprint density at radius 2 is 1.67 bits per heavy atom. The van der Waals surface area contributed by atoms with Crippen LogP contribution in [0.2, 0.25) is 0 Å². The summed E-state index contributed by atoms with van der Waals surface area (Å²) in [5.41, 5.74) is 4.90. The molecule has 0 aromatic heterocycles. The lowest BCUT2D eigenvalue weighted by Gasteiger charge is -2.45. The van der Waals surface area contributed by atoms with Crippen molar-refractivity contribution in [2.45, 2.75) is 78.3 Å². The van der Waals surface area contributed by atoms with Crippen LogP contribution >= 0.6 is 0 Å². The molecule has 2 aromatic carbocycles. The van der Waals surface area contributed by atoms with Crippen LogP contribution in [0.5, 0.6) is 0 Å². The van der Waals surface area contributed by atoms with Crippen molar-refractivity contribution in [3.8, 4) is 0 Å². The summed E-state index contributed by atoms with van der Waals surface area (Å²) in [6.45, 7) is 15.5. The molecule has 2 aliphatic rings. The molecule has 0 spiro atoms. The molecule has 0 aliphatic carbocycles. The largest absolute Gasteiger partial charge is 0.462 e. The van der Waals surface area contributed by atoms with E-state index in [1.165, 1.54) is 22.9 Å². The van der Waals surface area contributed by atoms with Crippen LogP contribution in [0, 0.1) is 25.6 Å². The maximum absolute atomic E-state index is 15.0. The number of piperidine rings is 1. The highest BCUT2D eigenvalue weighted by Crippen LogP contribution is 2.29. The van der Waals surface area contributed by atoms with Crippen molar-refractivity contribution in [3.63, 3.8) is 0 Å². The van der Waals surface area contributed by atoms with Crippen LogP contribution in [-0.4, -0.2) is 132 Å². The molecule has 2 aliphatic heterocycles. The Balaban J connectivity index is 0.000000567. The maximum Gasteiger partial charge on any atom is 0.338 e. The van der Waals surface area contributed by atoms with Gasteiger partial charge in [0.1, 0.15) is 12.1 Å². The number of nitrogens with one attached hydrogen (secondary N) is 1. The molecule has 300 valence electrons. The highest BCUT2D eigenvalue weighted by Gasteiger charge is 2.31. The number of hydrogen-bond donors (Lipinski definition) is 1. The van der Waals surface area contributed by atoms with Gasteiger partial charge in [-0.3, -0.25) is 24.2 Å². The molecule has 54 heavy (non-hydrogen) atoms. The predicted octanol–water partition coefficient (Wildman–Crippen LogP) is 4.70. The second kappa shape index (κ2) is 24.9. The quantitative estimate of drug-likeness (QED) is 0.138. The Morgan fingerprint density at radius 3 is 2.22 bits per heavy atom. The number of aldehydes is 1. The minimum Gasteiger partial charge on any atom is -0.462 e. The van der Waals surface area contributed by atoms with Crippen molar-refractivity contribution in [1.29, 1.82) is 0 Å². The van der Waals surface area contributed by atoms with E-state index in [0.29, 0.717) is 56.3 Å². The van der Waals surface area contributed by atoms with Gasteiger partial charge in [0.25, 0.3) is 0 Å². The summed E-state index contributed by atoms with van der Waals surface area (Å²) in [5.74, 6) is -0.181. The minimum absolute atomic E-state index is 0.185. The molecule has 3 amide bonds. The van der Waals surface area contributed by atoms with Gasteiger partial charge in [-0.15, -0.1) is 0 Å². The van der Waals surface area contributed by atoms with Crippen LogP contribution in [0.1, 0.15) is 73.9 Å². The first-order valence-corrected chi connectivity index (χ1v) is 19.1. The maximum atomic E-state index is 15.0. The van der Waals surface area contributed by atoms with Crippen LogP contribution in [-0.2, 0) is 23.9 Å². The SMILES string of the molecule is CC(CCC=O)N(C=O)C=O.CCCCOC(=O)c1ccc(N2CCC(CN3CCN(c4ccc(C)c(C)c4)CC3CN(C)C)CC2)c(F)c1.CNC=O. The van der Waals surface area contributed by atoms with Gasteiger partial charge in [0.15, 0.2) is 0 Å². The van der Waals surface area contributed by atoms with E-state index in [1.54, 1.807) is 26.1 Å². The van der Waals surface area contributed by atoms with Gasteiger partial charge in [-0.1, -0.05) is 19.4 Å². The fourth-order valence-electron chi connectivity index (χ4n) is 6.55. The summed E-state index contributed by atoms with van der Waals surface area (Å²) in [6, 6.07) is 11.9. The first kappa shape index (κ1) is 45.8. The zero-order chi connectivity index (χ0) is 40.0. The van der Waals surface area contributed by atoms with E-state index >= 15 is 0 Å². The summed E-state index contributed by atoms with van der Waals surface area (Å²) in [5, 5.41) is 2.25. The van der Waals surface area contributed by atoms with Gasteiger partial charge < -0.3 is 29.5 Å². The predicted molar refractivity (Wildman–Crippen MR) is 212 cm³/mol. The number of piperazine rings is 1. The van der Waals surface area contributed by atoms with Crippen molar-refractivity contribution < 1.29 is 33.1 Å². The Labute approximate surface area is 322 Å². The van der Waals surface area contributed by atoms with E-state index in [1.807, 2.05) is 6.92 Å². The third-order valence-corrected chi connectivity index (χ3v) is 9.97. The molecule has 2 saturated heterocycles. The number of rotatable bonds is 17. The average molecular weight is 755 g/mol. The van der Waals surface area contributed by atoms with E-state index in [9.17, 15) is 23.6 Å². The van der Waals surface area contributed by atoms with E-state index in [2.05, 4.69) is 71.1 Å². The summed E-state index contributed by atoms with van der Waals surface area (Å²) >= 11 is 0. The van der Waals surface area contributed by atoms with Gasteiger partial charge in [-0.2, -0.15) is 0 Å². The van der Waals surface area contributed by atoms with E-state index in [4.69, 9.17) is 9.53 Å². The number of nitrogens with zero attached hydrogens (tertiary/aromatic N) is 5. The first-order chi connectivity index (χ1) is 25.9. The molecular formula is C41H63FN6O6. The molecule has 1 N–H and O–H groups in total.